The Bertz CT molecular complexity index is 648. The van der Waals surface area contributed by atoms with Crippen LogP contribution >= 0.6 is 58.0 Å². The third-order valence-corrected chi connectivity index (χ3v) is 4.64. The average molecular weight is 361 g/mol. The van der Waals surface area contributed by atoms with Gasteiger partial charge in [0.25, 0.3) is 5.95 Å². The summed E-state index contributed by atoms with van der Waals surface area (Å²) in [5.41, 5.74) is 0.101. The summed E-state index contributed by atoms with van der Waals surface area (Å²) in [5.74, 6) is -1.77. The molecule has 0 unspecified atom stereocenters. The summed E-state index contributed by atoms with van der Waals surface area (Å²) in [5, 5.41) is 9.50. The number of rotatable bonds is 1. The van der Waals surface area contributed by atoms with Crippen molar-refractivity contribution in [2.45, 2.75) is 0 Å². The fraction of sp³-hybridized carbons (Fsp3) is 0. The van der Waals surface area contributed by atoms with Crippen LogP contribution in [0.3, 0.4) is 0 Å². The maximum absolute atomic E-state index is 13.3. The van der Waals surface area contributed by atoms with Crippen molar-refractivity contribution in [2.24, 2.45) is 0 Å². The normalized spacial score (nSPS) is 10.8. The lowest BCUT2D eigenvalue weighted by Gasteiger charge is -2.13. The van der Waals surface area contributed by atoms with Gasteiger partial charge in [-0.25, -0.2) is 4.98 Å². The van der Waals surface area contributed by atoms with Crippen molar-refractivity contribution in [3.63, 3.8) is 0 Å². The molecule has 1 heterocycles. The summed E-state index contributed by atoms with van der Waals surface area (Å²) < 4.78 is 13.3. The molecule has 2 aromatic rings. The van der Waals surface area contributed by atoms with Crippen molar-refractivity contribution in [1.29, 1.82) is 0 Å². The van der Waals surface area contributed by atoms with Gasteiger partial charge in [-0.3, -0.25) is 0 Å². The van der Waals surface area contributed by atoms with Gasteiger partial charge in [0, 0.05) is 17.3 Å². The van der Waals surface area contributed by atoms with Gasteiger partial charge < -0.3 is 5.11 Å². The second-order valence-electron chi connectivity index (χ2n) is 3.44. The largest absolute Gasteiger partial charge is 0.503 e. The molecule has 8 heteroatoms. The van der Waals surface area contributed by atoms with E-state index in [1.165, 1.54) is 6.07 Å². The zero-order chi connectivity index (χ0) is 14.3. The molecule has 0 radical (unpaired) electrons. The molecule has 1 aromatic carbocycles. The molecule has 19 heavy (non-hydrogen) atoms. The topological polar surface area (TPSA) is 33.1 Å². The summed E-state index contributed by atoms with van der Waals surface area (Å²) in [4.78, 5) is 3.29. The molecule has 0 aliphatic heterocycles. The standard InChI is InChI=1S/C11H3Cl5FNO/c12-5-4(3-1-2-18-11(17)10(3)19)6(13)8(15)9(16)7(5)14/h1-2,19H. The predicted octanol–water partition coefficient (Wildman–Crippen LogP) is 5.86. The fourth-order valence-electron chi connectivity index (χ4n) is 1.47. The molecule has 2 rings (SSSR count). The van der Waals surface area contributed by atoms with Crippen molar-refractivity contribution in [2.75, 3.05) is 0 Å². The Morgan fingerprint density at radius 3 is 1.89 bits per heavy atom. The van der Waals surface area contributed by atoms with Crippen molar-refractivity contribution >= 4 is 58.0 Å². The molecule has 0 aliphatic rings. The minimum Gasteiger partial charge on any atom is -0.503 e. The zero-order valence-corrected chi connectivity index (χ0v) is 12.6. The van der Waals surface area contributed by atoms with Crippen molar-refractivity contribution < 1.29 is 9.50 Å². The van der Waals surface area contributed by atoms with E-state index in [2.05, 4.69) is 4.98 Å². The first-order valence-corrected chi connectivity index (χ1v) is 6.60. The van der Waals surface area contributed by atoms with Crippen LogP contribution in [0.2, 0.25) is 25.1 Å². The summed E-state index contributed by atoms with van der Waals surface area (Å²) in [6, 6.07) is 1.33. The van der Waals surface area contributed by atoms with Gasteiger partial charge in [0.15, 0.2) is 5.75 Å². The Morgan fingerprint density at radius 1 is 0.895 bits per heavy atom. The third-order valence-electron chi connectivity index (χ3n) is 2.36. The highest BCUT2D eigenvalue weighted by atomic mass is 35.5. The minimum atomic E-state index is -1.06. The maximum atomic E-state index is 13.3. The van der Waals surface area contributed by atoms with E-state index in [9.17, 15) is 9.50 Å². The predicted molar refractivity (Wildman–Crippen MR) is 76.3 cm³/mol. The van der Waals surface area contributed by atoms with Crippen LogP contribution in [0.5, 0.6) is 5.75 Å². The lowest BCUT2D eigenvalue weighted by atomic mass is 10.1. The first-order chi connectivity index (χ1) is 8.86. The smallest absolute Gasteiger partial charge is 0.255 e. The highest BCUT2D eigenvalue weighted by molar-refractivity contribution is 6.56. The minimum absolute atomic E-state index is 0.0166. The summed E-state index contributed by atoms with van der Waals surface area (Å²) in [7, 11) is 0. The molecule has 0 amide bonds. The van der Waals surface area contributed by atoms with Crippen LogP contribution in [0.4, 0.5) is 4.39 Å². The molecule has 0 bridgehead atoms. The first-order valence-electron chi connectivity index (χ1n) is 4.71. The number of pyridine rings is 1. The Labute approximate surface area is 132 Å². The zero-order valence-electron chi connectivity index (χ0n) is 8.82. The van der Waals surface area contributed by atoms with E-state index in [-0.39, 0.29) is 36.2 Å². The van der Waals surface area contributed by atoms with Crippen LogP contribution in [-0.2, 0) is 0 Å². The van der Waals surface area contributed by atoms with E-state index in [0.29, 0.717) is 0 Å². The Hall–Kier alpha value is -0.450. The van der Waals surface area contributed by atoms with E-state index < -0.39 is 11.7 Å². The lowest BCUT2D eigenvalue weighted by Crippen LogP contribution is -1.91. The van der Waals surface area contributed by atoms with Gasteiger partial charge in [0.1, 0.15) is 0 Å². The number of hydrogen-bond acceptors (Lipinski definition) is 2. The fourth-order valence-corrected chi connectivity index (χ4v) is 2.81. The summed E-state index contributed by atoms with van der Waals surface area (Å²) in [6.45, 7) is 0. The van der Waals surface area contributed by atoms with E-state index in [1.54, 1.807) is 0 Å². The molecular weight excluding hydrogens is 358 g/mol. The number of aromatic hydroxyl groups is 1. The van der Waals surface area contributed by atoms with E-state index in [0.717, 1.165) is 6.20 Å². The van der Waals surface area contributed by atoms with Crippen LogP contribution in [0.25, 0.3) is 11.1 Å². The van der Waals surface area contributed by atoms with Crippen LogP contribution in [0.15, 0.2) is 12.3 Å². The maximum Gasteiger partial charge on any atom is 0.255 e. The highest BCUT2D eigenvalue weighted by Crippen LogP contribution is 2.49. The molecular formula is C11H3Cl5FNO. The molecule has 0 spiro atoms. The van der Waals surface area contributed by atoms with Crippen molar-refractivity contribution in [3.05, 3.63) is 43.3 Å². The number of hydrogen-bond donors (Lipinski definition) is 1. The summed E-state index contributed by atoms with van der Waals surface area (Å²) in [6.07, 6.45) is 1.15. The van der Waals surface area contributed by atoms with E-state index in [4.69, 9.17) is 58.0 Å². The Morgan fingerprint density at radius 2 is 1.37 bits per heavy atom. The Kier molecular flexibility index (Phi) is 4.33. The lowest BCUT2D eigenvalue weighted by molar-refractivity contribution is 0.421. The van der Waals surface area contributed by atoms with Crippen LogP contribution in [-0.4, -0.2) is 10.1 Å². The van der Waals surface area contributed by atoms with Gasteiger partial charge in [-0.15, -0.1) is 0 Å². The van der Waals surface area contributed by atoms with Crippen molar-refractivity contribution in [3.8, 4) is 16.9 Å². The molecule has 0 saturated heterocycles. The number of nitrogens with zero attached hydrogens (tertiary/aromatic N) is 1. The molecule has 0 fully saturated rings. The molecule has 2 nitrogen and oxygen atoms in total. The Balaban J connectivity index is 2.87. The molecule has 1 N–H and O–H groups in total. The average Bonchev–Trinajstić information content (AvgIpc) is 2.39. The SMILES string of the molecule is Oc1c(-c2c(Cl)c(Cl)c(Cl)c(Cl)c2Cl)ccnc1F. The molecule has 0 saturated carbocycles. The number of benzene rings is 1. The van der Waals surface area contributed by atoms with E-state index >= 15 is 0 Å². The second kappa shape index (κ2) is 5.51. The van der Waals surface area contributed by atoms with Crippen molar-refractivity contribution in [1.82, 2.24) is 4.98 Å². The third kappa shape index (κ3) is 2.46. The van der Waals surface area contributed by atoms with E-state index in [1.807, 2.05) is 0 Å². The first kappa shape index (κ1) is 14.9. The highest BCUT2D eigenvalue weighted by Gasteiger charge is 2.23. The molecule has 1 aromatic heterocycles. The quantitative estimate of drug-likeness (QED) is 0.392. The van der Waals surface area contributed by atoms with Gasteiger partial charge in [-0.2, -0.15) is 4.39 Å². The number of aromatic nitrogens is 1. The van der Waals surface area contributed by atoms with Crippen LogP contribution in [0, 0.1) is 5.95 Å². The van der Waals surface area contributed by atoms with Gasteiger partial charge >= 0.3 is 0 Å². The van der Waals surface area contributed by atoms with Crippen LogP contribution in [0.1, 0.15) is 0 Å². The second-order valence-corrected chi connectivity index (χ2v) is 5.33. The van der Waals surface area contributed by atoms with Gasteiger partial charge in [-0.05, 0) is 6.07 Å². The molecule has 0 aliphatic carbocycles. The monoisotopic (exact) mass is 359 g/mol. The van der Waals surface area contributed by atoms with Gasteiger partial charge in [-0.1, -0.05) is 58.0 Å². The van der Waals surface area contributed by atoms with Gasteiger partial charge in [0.05, 0.1) is 25.1 Å². The molecule has 0 atom stereocenters. The van der Waals surface area contributed by atoms with Crippen LogP contribution < -0.4 is 0 Å². The van der Waals surface area contributed by atoms with Gasteiger partial charge in [0.2, 0.25) is 0 Å². The molecule has 100 valence electrons. The summed E-state index contributed by atoms with van der Waals surface area (Å²) >= 11 is 29.7. The number of halogens is 6.